The van der Waals surface area contributed by atoms with Crippen molar-refractivity contribution in [1.82, 2.24) is 22.8 Å². The van der Waals surface area contributed by atoms with Crippen molar-refractivity contribution in [1.29, 1.82) is 0 Å². The van der Waals surface area contributed by atoms with Crippen LogP contribution in [-0.2, 0) is 0 Å². The van der Waals surface area contributed by atoms with Crippen molar-refractivity contribution in [3.05, 3.63) is 358 Å². The zero-order chi connectivity index (χ0) is 63.7. The summed E-state index contributed by atoms with van der Waals surface area (Å²) in [5.74, 6) is 0. The number of anilines is 6. The fraction of sp³-hybridized carbons (Fsp3) is 0. The first-order valence-corrected chi connectivity index (χ1v) is 33.3. The van der Waals surface area contributed by atoms with E-state index in [1.165, 1.54) is 43.1 Å². The molecule has 15 aromatic carbocycles. The lowest BCUT2D eigenvalue weighted by molar-refractivity contribution is 1.13. The van der Waals surface area contributed by atoms with Gasteiger partial charge in [0, 0.05) is 82.3 Å². The molecule has 0 atom stereocenters. The Balaban J connectivity index is 0.940. The second-order valence-electron chi connectivity index (χ2n) is 25.2. The van der Waals surface area contributed by atoms with E-state index < -0.39 is 0 Å². The molecule has 0 saturated carbocycles. The molecular weight excluding hydrogens is 1180 g/mol. The highest BCUT2D eigenvalue weighted by Gasteiger charge is 2.30. The first-order chi connectivity index (χ1) is 48.2. The van der Waals surface area contributed by atoms with Gasteiger partial charge in [0.25, 0.3) is 0 Å². The van der Waals surface area contributed by atoms with Gasteiger partial charge in [-0.05, 0) is 140 Å². The summed E-state index contributed by atoms with van der Waals surface area (Å²) in [6.07, 6.45) is 0. The van der Waals surface area contributed by atoms with Gasteiger partial charge in [-0.25, -0.2) is 0 Å². The van der Waals surface area contributed by atoms with E-state index in [1.54, 1.807) is 0 Å². The first-order valence-electron chi connectivity index (χ1n) is 33.3. The van der Waals surface area contributed by atoms with Crippen molar-refractivity contribution in [2.45, 2.75) is 0 Å². The molecule has 7 heteroatoms. The summed E-state index contributed by atoms with van der Waals surface area (Å²) in [4.78, 5) is 5.09. The molecule has 0 spiro atoms. The molecule has 0 aliphatic carbocycles. The monoisotopic (exact) mass is 1240 g/mol. The molecule has 20 aromatic rings. The van der Waals surface area contributed by atoms with Crippen LogP contribution < -0.4 is 9.80 Å². The van der Waals surface area contributed by atoms with Crippen molar-refractivity contribution >= 4 is 143 Å². The summed E-state index contributed by atoms with van der Waals surface area (Å²) in [5.41, 5.74) is 22.5. The number of benzene rings is 15. The van der Waals surface area contributed by atoms with E-state index in [-0.39, 0.29) is 0 Å². The third-order valence-corrected chi connectivity index (χ3v) is 20.0. The maximum atomic E-state index is 2.56. The molecule has 0 fully saturated rings. The molecule has 5 heterocycles. The molecule has 0 N–H and O–H groups in total. The SMILES string of the molecule is c1ccc(-n2c3ccccc3c3c(N(c4cccc(-n5c6ccccc6c6ccccc65)c4)c4ccccc4-n4c5ccccc5c5ccccc54)cc(N(c4cccc(-n5c6ccccc6c6ccccc65)c4)c4ccccc4-n4c5ccccc5c5ccccc54)cc32)cc1. The number of rotatable bonds is 11. The van der Waals surface area contributed by atoms with Crippen molar-refractivity contribution in [3.8, 4) is 28.4 Å². The molecule has 0 radical (unpaired) electrons. The van der Waals surface area contributed by atoms with Crippen LogP contribution in [0.4, 0.5) is 34.1 Å². The Labute approximate surface area is 558 Å². The summed E-state index contributed by atoms with van der Waals surface area (Å²) in [6.45, 7) is 0. The zero-order valence-electron chi connectivity index (χ0n) is 52.7. The number of aromatic nitrogens is 5. The Morgan fingerprint density at radius 1 is 0.165 bits per heavy atom. The molecule has 7 nitrogen and oxygen atoms in total. The van der Waals surface area contributed by atoms with Crippen molar-refractivity contribution < 1.29 is 0 Å². The minimum absolute atomic E-state index is 0.966. The summed E-state index contributed by atoms with van der Waals surface area (Å²) >= 11 is 0. The van der Waals surface area contributed by atoms with Gasteiger partial charge < -0.3 is 32.6 Å². The van der Waals surface area contributed by atoms with E-state index in [0.29, 0.717) is 0 Å². The fourth-order valence-corrected chi connectivity index (χ4v) is 16.0. The van der Waals surface area contributed by atoms with E-state index in [4.69, 9.17) is 0 Å². The topological polar surface area (TPSA) is 31.1 Å². The molecule has 454 valence electrons. The standard InChI is InChI=1S/C90H59N7/c1-2-28-60(29-3-1)92-83-51-21-12-42-74(83)90-88(92)58-65(91(61-30-26-31-62(56-61)93-75-43-13-4-34-66(75)67-35-5-14-44-76(67)93)84-52-22-24-54-86(84)96-79-47-17-8-38-70(79)71-39-9-18-48-80(71)96)59-89(90)95(64-33-27-32-63(57-64)94-77-45-15-6-36-68(77)69-37-7-16-46-78(69)94)85-53-23-25-55-87(85)97-81-49-19-10-40-72(81)73-41-11-20-50-82(73)97/h1-59H. The Morgan fingerprint density at radius 2 is 0.454 bits per heavy atom. The van der Waals surface area contributed by atoms with Crippen LogP contribution in [0.3, 0.4) is 0 Å². The van der Waals surface area contributed by atoms with Gasteiger partial charge >= 0.3 is 0 Å². The Kier molecular flexibility index (Phi) is 12.2. The second kappa shape index (κ2) is 21.7. The van der Waals surface area contributed by atoms with Gasteiger partial charge in [0.2, 0.25) is 0 Å². The number of para-hydroxylation sites is 14. The molecule has 97 heavy (non-hydrogen) atoms. The Hall–Kier alpha value is -13.1. The number of fused-ring (bicyclic) bond motifs is 15. The van der Waals surface area contributed by atoms with Crippen molar-refractivity contribution in [3.63, 3.8) is 0 Å². The van der Waals surface area contributed by atoms with Gasteiger partial charge in [-0.3, -0.25) is 0 Å². The first kappa shape index (κ1) is 54.5. The van der Waals surface area contributed by atoms with E-state index in [1.807, 2.05) is 0 Å². The second-order valence-corrected chi connectivity index (χ2v) is 25.2. The fourth-order valence-electron chi connectivity index (χ4n) is 16.0. The van der Waals surface area contributed by atoms with Gasteiger partial charge in [-0.2, -0.15) is 0 Å². The summed E-state index contributed by atoms with van der Waals surface area (Å²) in [7, 11) is 0. The number of hydrogen-bond acceptors (Lipinski definition) is 2. The van der Waals surface area contributed by atoms with Crippen LogP contribution in [-0.4, -0.2) is 22.8 Å². The van der Waals surface area contributed by atoms with Gasteiger partial charge in [-0.15, -0.1) is 0 Å². The largest absolute Gasteiger partial charge is 0.309 e. The van der Waals surface area contributed by atoms with Gasteiger partial charge in [-0.1, -0.05) is 218 Å². The average Bonchev–Trinajstić information content (AvgIpc) is 1.73. The van der Waals surface area contributed by atoms with Crippen LogP contribution in [0.2, 0.25) is 0 Å². The van der Waals surface area contributed by atoms with E-state index in [0.717, 1.165) is 129 Å². The van der Waals surface area contributed by atoms with Crippen LogP contribution >= 0.6 is 0 Å². The molecular formula is C90H59N7. The van der Waals surface area contributed by atoms with Crippen LogP contribution in [0.5, 0.6) is 0 Å². The lowest BCUT2D eigenvalue weighted by atomic mass is 10.0. The molecule has 0 aliphatic rings. The Bertz CT molecular complexity index is 6340. The average molecular weight is 1240 g/mol. The highest BCUT2D eigenvalue weighted by molar-refractivity contribution is 6.20. The minimum atomic E-state index is 0.966. The maximum absolute atomic E-state index is 2.56. The lowest BCUT2D eigenvalue weighted by Gasteiger charge is -2.33. The molecule has 0 unspecified atom stereocenters. The molecule has 5 aromatic heterocycles. The zero-order valence-corrected chi connectivity index (χ0v) is 52.7. The van der Waals surface area contributed by atoms with Crippen LogP contribution in [0.25, 0.3) is 137 Å². The number of hydrogen-bond donors (Lipinski definition) is 0. The van der Waals surface area contributed by atoms with Crippen LogP contribution in [0.15, 0.2) is 358 Å². The van der Waals surface area contributed by atoms with Crippen molar-refractivity contribution in [2.75, 3.05) is 9.80 Å². The summed E-state index contributed by atoms with van der Waals surface area (Å²) in [5, 5.41) is 11.9. The van der Waals surface area contributed by atoms with Gasteiger partial charge in [0.1, 0.15) is 0 Å². The summed E-state index contributed by atoms with van der Waals surface area (Å²) in [6, 6.07) is 132. The molecule has 0 saturated heterocycles. The molecule has 0 amide bonds. The Morgan fingerprint density at radius 3 is 0.856 bits per heavy atom. The van der Waals surface area contributed by atoms with E-state index >= 15 is 0 Å². The minimum Gasteiger partial charge on any atom is -0.309 e. The predicted octanol–water partition coefficient (Wildman–Crippen LogP) is 24.1. The van der Waals surface area contributed by atoms with Crippen molar-refractivity contribution in [2.24, 2.45) is 0 Å². The lowest BCUT2D eigenvalue weighted by Crippen LogP contribution is -2.17. The van der Waals surface area contributed by atoms with Gasteiger partial charge in [0.15, 0.2) is 0 Å². The maximum Gasteiger partial charge on any atom is 0.0702 e. The predicted molar refractivity (Wildman–Crippen MR) is 408 cm³/mol. The third-order valence-electron chi connectivity index (χ3n) is 20.0. The normalized spacial score (nSPS) is 11.9. The summed E-state index contributed by atoms with van der Waals surface area (Å²) < 4.78 is 12.3. The van der Waals surface area contributed by atoms with Crippen LogP contribution in [0.1, 0.15) is 0 Å². The molecule has 0 bridgehead atoms. The van der Waals surface area contributed by atoms with E-state index in [9.17, 15) is 0 Å². The quantitative estimate of drug-likeness (QED) is 0.129. The molecule has 20 rings (SSSR count). The smallest absolute Gasteiger partial charge is 0.0702 e. The third kappa shape index (κ3) is 8.29. The van der Waals surface area contributed by atoms with Gasteiger partial charge in [0.05, 0.1) is 89.3 Å². The van der Waals surface area contributed by atoms with Crippen LogP contribution in [0, 0.1) is 0 Å². The molecule has 0 aliphatic heterocycles. The number of nitrogens with zero attached hydrogens (tertiary/aromatic N) is 7. The highest BCUT2D eigenvalue weighted by Crippen LogP contribution is 2.52. The highest BCUT2D eigenvalue weighted by atomic mass is 15.2. The van der Waals surface area contributed by atoms with E-state index in [2.05, 4.69) is 391 Å².